The number of nitrogens with two attached hydrogens (primary N) is 1. The quantitative estimate of drug-likeness (QED) is 0.895. The Balaban J connectivity index is 2.45. The molecule has 0 aliphatic carbocycles. The second kappa shape index (κ2) is 4.52. The maximum Gasteiger partial charge on any atom is 0.435 e. The third kappa shape index (κ3) is 2.36. The number of aliphatic hydroxyl groups is 1. The summed E-state index contributed by atoms with van der Waals surface area (Å²) in [5, 5.41) is 12.4. The molecule has 4 nitrogen and oxygen atoms in total. The lowest BCUT2D eigenvalue weighted by Crippen LogP contribution is -2.26. The van der Waals surface area contributed by atoms with E-state index in [0.29, 0.717) is 16.1 Å². The molecule has 0 aliphatic rings. The van der Waals surface area contributed by atoms with Crippen molar-refractivity contribution < 1.29 is 18.3 Å². The van der Waals surface area contributed by atoms with Gasteiger partial charge in [0.05, 0.1) is 6.61 Å². The Morgan fingerprint density at radius 1 is 1.56 bits per heavy atom. The summed E-state index contributed by atoms with van der Waals surface area (Å²) < 4.78 is 39.4. The fourth-order valence-corrected chi connectivity index (χ4v) is 2.88. The van der Waals surface area contributed by atoms with Crippen LogP contribution in [-0.4, -0.2) is 27.5 Å². The van der Waals surface area contributed by atoms with Crippen LogP contribution in [0.2, 0.25) is 0 Å². The van der Waals surface area contributed by atoms with Crippen LogP contribution in [-0.2, 0) is 19.6 Å². The first-order valence-electron chi connectivity index (χ1n) is 5.22. The molecule has 0 bridgehead atoms. The van der Waals surface area contributed by atoms with Crippen molar-refractivity contribution in [2.75, 3.05) is 6.61 Å². The zero-order valence-corrected chi connectivity index (χ0v) is 10.3. The van der Waals surface area contributed by atoms with Crippen molar-refractivity contribution in [3.8, 4) is 0 Å². The minimum absolute atomic E-state index is 0.0927. The van der Waals surface area contributed by atoms with Crippen LogP contribution in [0.4, 0.5) is 13.2 Å². The smallest absolute Gasteiger partial charge is 0.395 e. The van der Waals surface area contributed by atoms with Gasteiger partial charge in [-0.1, -0.05) is 0 Å². The van der Waals surface area contributed by atoms with Crippen molar-refractivity contribution >= 4 is 21.6 Å². The highest BCUT2D eigenvalue weighted by atomic mass is 32.1. The highest BCUT2D eigenvalue weighted by Gasteiger charge is 2.37. The van der Waals surface area contributed by atoms with E-state index in [1.165, 1.54) is 29.1 Å². The molecule has 0 spiro atoms. The molecule has 0 saturated carbocycles. The largest absolute Gasteiger partial charge is 0.435 e. The number of hydrogen-bond acceptors (Lipinski definition) is 4. The molecule has 0 radical (unpaired) electrons. The molecule has 3 N–H and O–H groups in total. The van der Waals surface area contributed by atoms with Crippen LogP contribution in [0.5, 0.6) is 0 Å². The lowest BCUT2D eigenvalue weighted by molar-refractivity contribution is -0.140. The van der Waals surface area contributed by atoms with E-state index in [-0.39, 0.29) is 12.0 Å². The fraction of sp³-hybridized carbons (Fsp3) is 0.500. The maximum absolute atomic E-state index is 12.7. The lowest BCUT2D eigenvalue weighted by Gasteiger charge is -2.05. The van der Waals surface area contributed by atoms with E-state index in [4.69, 9.17) is 10.8 Å². The molecule has 18 heavy (non-hydrogen) atoms. The molecule has 2 aromatic rings. The van der Waals surface area contributed by atoms with Crippen LogP contribution in [0.25, 0.3) is 10.2 Å². The number of thiophene rings is 1. The topological polar surface area (TPSA) is 64.1 Å². The average Bonchev–Trinajstić information content (AvgIpc) is 2.78. The summed E-state index contributed by atoms with van der Waals surface area (Å²) in [4.78, 5) is 1.17. The lowest BCUT2D eigenvalue weighted by atomic mass is 10.2. The first kappa shape index (κ1) is 13.3. The first-order valence-corrected chi connectivity index (χ1v) is 6.03. The number of rotatable bonds is 3. The van der Waals surface area contributed by atoms with Gasteiger partial charge in [-0.3, -0.25) is 4.68 Å². The van der Waals surface area contributed by atoms with Gasteiger partial charge >= 0.3 is 6.18 Å². The summed E-state index contributed by atoms with van der Waals surface area (Å²) in [5.74, 6) is 0. The van der Waals surface area contributed by atoms with Crippen molar-refractivity contribution in [1.82, 2.24) is 9.78 Å². The van der Waals surface area contributed by atoms with E-state index >= 15 is 0 Å². The number of alkyl halides is 3. The van der Waals surface area contributed by atoms with Gasteiger partial charge in [-0.05, 0) is 12.5 Å². The number of nitrogens with zero attached hydrogens (tertiary/aromatic N) is 2. The summed E-state index contributed by atoms with van der Waals surface area (Å²) in [6.45, 7) is -0.196. The molecule has 0 aliphatic heterocycles. The van der Waals surface area contributed by atoms with E-state index in [1.54, 1.807) is 0 Å². The van der Waals surface area contributed by atoms with Crippen molar-refractivity contribution in [2.24, 2.45) is 12.8 Å². The van der Waals surface area contributed by atoms with Gasteiger partial charge in [-0.15, -0.1) is 11.3 Å². The van der Waals surface area contributed by atoms with E-state index < -0.39 is 17.9 Å². The van der Waals surface area contributed by atoms with E-state index in [2.05, 4.69) is 5.10 Å². The highest BCUT2D eigenvalue weighted by molar-refractivity contribution is 7.18. The zero-order chi connectivity index (χ0) is 13.5. The van der Waals surface area contributed by atoms with Crippen LogP contribution in [0, 0.1) is 0 Å². The Labute approximate surface area is 105 Å². The minimum Gasteiger partial charge on any atom is -0.395 e. The van der Waals surface area contributed by atoms with Gasteiger partial charge < -0.3 is 10.8 Å². The van der Waals surface area contributed by atoms with E-state index in [0.717, 1.165) is 0 Å². The van der Waals surface area contributed by atoms with Crippen molar-refractivity contribution in [2.45, 2.75) is 18.6 Å². The second-order valence-corrected chi connectivity index (χ2v) is 5.16. The van der Waals surface area contributed by atoms with Crippen LogP contribution < -0.4 is 5.73 Å². The number of fused-ring (bicyclic) bond motifs is 1. The Hall–Kier alpha value is -1.12. The van der Waals surface area contributed by atoms with Gasteiger partial charge in [0.1, 0.15) is 4.83 Å². The molecule has 0 aromatic carbocycles. The molecule has 1 atom stereocenters. The minimum atomic E-state index is -4.46. The SMILES string of the molecule is Cn1nc(C(F)(F)F)c2cc(CC(N)CO)sc21. The molecule has 2 heterocycles. The summed E-state index contributed by atoms with van der Waals surface area (Å²) >= 11 is 1.21. The summed E-state index contributed by atoms with van der Waals surface area (Å²) in [5.41, 5.74) is 4.69. The molecule has 100 valence electrons. The predicted octanol–water partition coefficient (Wildman–Crippen LogP) is 1.52. The predicted molar refractivity (Wildman–Crippen MR) is 62.4 cm³/mol. The number of aryl methyl sites for hydroxylation is 1. The summed E-state index contributed by atoms with van der Waals surface area (Å²) in [6, 6.07) is 0.992. The number of aromatic nitrogens is 2. The maximum atomic E-state index is 12.7. The van der Waals surface area contributed by atoms with Gasteiger partial charge in [0.2, 0.25) is 0 Å². The van der Waals surface area contributed by atoms with Gasteiger partial charge in [0.25, 0.3) is 0 Å². The molecule has 2 rings (SSSR count). The molecular formula is C10H12F3N3OS. The van der Waals surface area contributed by atoms with Crippen LogP contribution in [0.15, 0.2) is 6.07 Å². The second-order valence-electron chi connectivity index (χ2n) is 4.05. The number of hydrogen-bond donors (Lipinski definition) is 2. The standard InChI is InChI=1S/C10H12F3N3OS/c1-16-9-7(8(15-16)10(11,12)13)3-6(18-9)2-5(14)4-17/h3,5,17H,2,4,14H2,1H3. The average molecular weight is 279 g/mol. The summed E-state index contributed by atoms with van der Waals surface area (Å²) in [7, 11) is 1.48. The molecule has 0 fully saturated rings. The third-order valence-corrected chi connectivity index (χ3v) is 3.75. The van der Waals surface area contributed by atoms with Gasteiger partial charge in [0.15, 0.2) is 5.69 Å². The number of halogens is 3. The van der Waals surface area contributed by atoms with Crippen LogP contribution >= 0.6 is 11.3 Å². The Morgan fingerprint density at radius 2 is 2.22 bits per heavy atom. The van der Waals surface area contributed by atoms with Crippen molar-refractivity contribution in [3.05, 3.63) is 16.6 Å². The Bertz CT molecular complexity index is 560. The van der Waals surface area contributed by atoms with Gasteiger partial charge in [-0.25, -0.2) is 0 Å². The Kier molecular flexibility index (Phi) is 3.35. The van der Waals surface area contributed by atoms with E-state index in [9.17, 15) is 13.2 Å². The first-order chi connectivity index (χ1) is 8.32. The Morgan fingerprint density at radius 3 is 2.78 bits per heavy atom. The van der Waals surface area contributed by atoms with Gasteiger partial charge in [0, 0.05) is 23.4 Å². The fourth-order valence-electron chi connectivity index (χ4n) is 1.72. The highest BCUT2D eigenvalue weighted by Crippen LogP contribution is 2.37. The third-order valence-electron chi connectivity index (χ3n) is 2.53. The zero-order valence-electron chi connectivity index (χ0n) is 9.53. The molecule has 0 amide bonds. The van der Waals surface area contributed by atoms with Crippen LogP contribution in [0.1, 0.15) is 10.6 Å². The van der Waals surface area contributed by atoms with Crippen molar-refractivity contribution in [1.29, 1.82) is 0 Å². The van der Waals surface area contributed by atoms with Crippen molar-refractivity contribution in [3.63, 3.8) is 0 Å². The molecule has 0 saturated heterocycles. The van der Waals surface area contributed by atoms with E-state index in [1.807, 2.05) is 0 Å². The molecular weight excluding hydrogens is 267 g/mol. The number of aliphatic hydroxyl groups excluding tert-OH is 1. The molecule has 8 heteroatoms. The molecule has 1 unspecified atom stereocenters. The van der Waals surface area contributed by atoms with Gasteiger partial charge in [-0.2, -0.15) is 18.3 Å². The van der Waals surface area contributed by atoms with Crippen LogP contribution in [0.3, 0.4) is 0 Å². The summed E-state index contributed by atoms with van der Waals surface area (Å²) in [6.07, 6.45) is -4.11. The molecule has 2 aromatic heterocycles. The normalized spacial score (nSPS) is 14.3. The monoisotopic (exact) mass is 279 g/mol.